The van der Waals surface area contributed by atoms with Gasteiger partial charge in [-0.15, -0.1) is 12.3 Å². The molecule has 0 nitrogen and oxygen atoms in total. The quantitative estimate of drug-likeness (QED) is 0.345. The second-order valence-electron chi connectivity index (χ2n) is 3.81. The van der Waals surface area contributed by atoms with Crippen LogP contribution in [0.15, 0.2) is 41.7 Å². The van der Waals surface area contributed by atoms with Crippen molar-refractivity contribution in [1.29, 1.82) is 0 Å². The number of allylic oxidation sites excluding steroid dienone is 4. The van der Waals surface area contributed by atoms with Crippen LogP contribution in [-0.4, -0.2) is 0 Å². The maximum Gasteiger partial charge on any atom is -0.00659 e. The Balaban J connectivity index is 2.53. The molecule has 1 aliphatic carbocycles. The fourth-order valence-electron chi connectivity index (χ4n) is 1.70. The first kappa shape index (κ1) is 11.1. The minimum atomic E-state index is 1.05. The lowest BCUT2D eigenvalue weighted by molar-refractivity contribution is 0.706. The third-order valence-corrected chi connectivity index (χ3v) is 2.61. The Morgan fingerprint density at radius 2 is 2.36 bits per heavy atom. The first-order chi connectivity index (χ1) is 6.84. The summed E-state index contributed by atoms with van der Waals surface area (Å²) < 4.78 is 0. The molecule has 76 valence electrons. The van der Waals surface area contributed by atoms with Gasteiger partial charge in [0, 0.05) is 0 Å². The average molecular weight is 188 g/mol. The predicted octanol–water partition coefficient (Wildman–Crippen LogP) is 4.55. The van der Waals surface area contributed by atoms with Crippen molar-refractivity contribution in [2.24, 2.45) is 0 Å². The highest BCUT2D eigenvalue weighted by molar-refractivity contribution is 5.29. The van der Waals surface area contributed by atoms with Crippen LogP contribution in [0.4, 0.5) is 0 Å². The van der Waals surface area contributed by atoms with Gasteiger partial charge in [-0.3, -0.25) is 0 Å². The van der Waals surface area contributed by atoms with Crippen molar-refractivity contribution in [2.45, 2.75) is 45.4 Å². The van der Waals surface area contributed by atoms with Gasteiger partial charge >= 0.3 is 0 Å². The zero-order valence-electron chi connectivity index (χ0n) is 9.18. The van der Waals surface area contributed by atoms with E-state index in [0.717, 1.165) is 12.8 Å². The second-order valence-corrected chi connectivity index (χ2v) is 3.81. The Morgan fingerprint density at radius 3 is 3.00 bits per heavy atom. The zero-order chi connectivity index (χ0) is 10.2. The SMILES string of the molecule is C=CCCC=C=C(C)C1=CCCCC1. The average Bonchev–Trinajstić information content (AvgIpc) is 2.25. The van der Waals surface area contributed by atoms with Gasteiger partial charge in [-0.2, -0.15) is 0 Å². The Morgan fingerprint density at radius 1 is 1.50 bits per heavy atom. The van der Waals surface area contributed by atoms with Gasteiger partial charge in [0.25, 0.3) is 0 Å². The topological polar surface area (TPSA) is 0 Å². The van der Waals surface area contributed by atoms with Gasteiger partial charge in [0.2, 0.25) is 0 Å². The summed E-state index contributed by atoms with van der Waals surface area (Å²) in [6.07, 6.45) is 13.8. The fourth-order valence-corrected chi connectivity index (χ4v) is 1.70. The number of hydrogen-bond acceptors (Lipinski definition) is 0. The van der Waals surface area contributed by atoms with Gasteiger partial charge in [-0.05, 0) is 62.7 Å². The summed E-state index contributed by atoms with van der Waals surface area (Å²) in [7, 11) is 0. The number of rotatable bonds is 4. The summed E-state index contributed by atoms with van der Waals surface area (Å²) in [5, 5.41) is 0. The van der Waals surface area contributed by atoms with E-state index in [9.17, 15) is 0 Å². The van der Waals surface area contributed by atoms with Crippen LogP contribution in [0.2, 0.25) is 0 Å². The molecule has 0 heteroatoms. The molecule has 0 amide bonds. The van der Waals surface area contributed by atoms with Crippen molar-refractivity contribution in [3.8, 4) is 0 Å². The summed E-state index contributed by atoms with van der Waals surface area (Å²) in [4.78, 5) is 0. The van der Waals surface area contributed by atoms with Gasteiger partial charge in [0.05, 0.1) is 0 Å². The maximum atomic E-state index is 3.70. The standard InChI is InChI=1S/C14H20/c1-3-4-5-7-10-13(2)14-11-8-6-9-12-14/h3,7,11H,1,4-6,8-9,12H2,2H3. The molecular formula is C14H20. The molecular weight excluding hydrogens is 168 g/mol. The van der Waals surface area contributed by atoms with Gasteiger partial charge in [-0.25, -0.2) is 0 Å². The Labute approximate surface area is 87.7 Å². The van der Waals surface area contributed by atoms with Crippen LogP contribution in [0, 0.1) is 0 Å². The van der Waals surface area contributed by atoms with E-state index in [1.54, 1.807) is 0 Å². The molecule has 0 unspecified atom stereocenters. The molecule has 0 radical (unpaired) electrons. The molecule has 1 aliphatic rings. The van der Waals surface area contributed by atoms with Crippen molar-refractivity contribution >= 4 is 0 Å². The summed E-state index contributed by atoms with van der Waals surface area (Å²) in [6, 6.07) is 0. The third-order valence-electron chi connectivity index (χ3n) is 2.61. The highest BCUT2D eigenvalue weighted by atomic mass is 14.1. The van der Waals surface area contributed by atoms with Gasteiger partial charge in [-0.1, -0.05) is 12.2 Å². The smallest absolute Gasteiger partial charge is 0.00659 e. The van der Waals surface area contributed by atoms with Crippen molar-refractivity contribution in [2.75, 3.05) is 0 Å². The minimum Gasteiger partial charge on any atom is -0.122 e. The Hall–Kier alpha value is -1.00. The number of unbranched alkanes of at least 4 members (excludes halogenated alkanes) is 1. The van der Waals surface area contributed by atoms with Crippen LogP contribution in [0.3, 0.4) is 0 Å². The van der Waals surface area contributed by atoms with Crippen LogP contribution in [0.25, 0.3) is 0 Å². The molecule has 0 fully saturated rings. The first-order valence-electron chi connectivity index (χ1n) is 5.56. The summed E-state index contributed by atoms with van der Waals surface area (Å²) in [6.45, 7) is 5.87. The van der Waals surface area contributed by atoms with Gasteiger partial charge in [0.15, 0.2) is 0 Å². The van der Waals surface area contributed by atoms with E-state index in [0.29, 0.717) is 0 Å². The highest BCUT2D eigenvalue weighted by Gasteiger charge is 2.03. The Bertz CT molecular complexity index is 272. The van der Waals surface area contributed by atoms with E-state index in [1.165, 1.54) is 36.8 Å². The molecule has 0 heterocycles. The minimum absolute atomic E-state index is 1.05. The van der Waals surface area contributed by atoms with Crippen molar-refractivity contribution in [3.63, 3.8) is 0 Å². The van der Waals surface area contributed by atoms with Crippen LogP contribution in [0.1, 0.15) is 45.4 Å². The highest BCUT2D eigenvalue weighted by Crippen LogP contribution is 2.22. The lowest BCUT2D eigenvalue weighted by atomic mass is 9.95. The van der Waals surface area contributed by atoms with Gasteiger partial charge in [0.1, 0.15) is 0 Å². The fraction of sp³-hybridized carbons (Fsp3) is 0.500. The van der Waals surface area contributed by atoms with E-state index in [1.807, 2.05) is 6.08 Å². The van der Waals surface area contributed by atoms with Crippen molar-refractivity contribution in [1.82, 2.24) is 0 Å². The van der Waals surface area contributed by atoms with Crippen LogP contribution < -0.4 is 0 Å². The van der Waals surface area contributed by atoms with E-state index < -0.39 is 0 Å². The Kier molecular flexibility index (Phi) is 5.11. The normalized spacial score (nSPS) is 15.4. The molecule has 0 aromatic carbocycles. The molecule has 14 heavy (non-hydrogen) atoms. The molecule has 0 saturated carbocycles. The molecule has 0 aromatic rings. The van der Waals surface area contributed by atoms with E-state index in [-0.39, 0.29) is 0 Å². The van der Waals surface area contributed by atoms with Crippen LogP contribution >= 0.6 is 0 Å². The molecule has 0 saturated heterocycles. The van der Waals surface area contributed by atoms with Crippen molar-refractivity contribution in [3.05, 3.63) is 41.7 Å². The molecule has 0 aromatic heterocycles. The molecule has 0 N–H and O–H groups in total. The molecule has 0 atom stereocenters. The predicted molar refractivity (Wildman–Crippen MR) is 63.3 cm³/mol. The molecule has 0 aliphatic heterocycles. The lowest BCUT2D eigenvalue weighted by Gasteiger charge is -2.11. The monoisotopic (exact) mass is 188 g/mol. The lowest BCUT2D eigenvalue weighted by Crippen LogP contribution is -1.92. The second kappa shape index (κ2) is 6.45. The number of hydrogen-bond donors (Lipinski definition) is 0. The first-order valence-corrected chi connectivity index (χ1v) is 5.56. The van der Waals surface area contributed by atoms with Crippen molar-refractivity contribution < 1.29 is 0 Å². The maximum absolute atomic E-state index is 3.70. The zero-order valence-corrected chi connectivity index (χ0v) is 9.18. The van der Waals surface area contributed by atoms with E-state index in [4.69, 9.17) is 0 Å². The molecule has 1 rings (SSSR count). The van der Waals surface area contributed by atoms with E-state index >= 15 is 0 Å². The summed E-state index contributed by atoms with van der Waals surface area (Å²) in [5.74, 6) is 0. The largest absolute Gasteiger partial charge is 0.122 e. The molecule has 0 spiro atoms. The summed E-state index contributed by atoms with van der Waals surface area (Å²) >= 11 is 0. The summed E-state index contributed by atoms with van der Waals surface area (Å²) in [5.41, 5.74) is 6.20. The molecule has 0 bridgehead atoms. The van der Waals surface area contributed by atoms with Crippen LogP contribution in [0.5, 0.6) is 0 Å². The third kappa shape index (κ3) is 3.81. The van der Waals surface area contributed by atoms with E-state index in [2.05, 4.69) is 31.4 Å². The van der Waals surface area contributed by atoms with Crippen LogP contribution in [-0.2, 0) is 0 Å². The van der Waals surface area contributed by atoms with Gasteiger partial charge < -0.3 is 0 Å².